The van der Waals surface area contributed by atoms with E-state index in [1.165, 1.54) is 0 Å². The number of hydrogen-bond donors (Lipinski definition) is 3. The minimum atomic E-state index is 0.424. The summed E-state index contributed by atoms with van der Waals surface area (Å²) in [5.41, 5.74) is 17.6. The maximum absolute atomic E-state index is 5.99. The molecule has 2 aromatic heterocycles. The molecule has 0 unspecified atom stereocenters. The molecule has 2 heterocycles. The zero-order chi connectivity index (χ0) is 13.4. The fourth-order valence-corrected chi connectivity index (χ4v) is 2.42. The van der Waals surface area contributed by atoms with Crippen LogP contribution < -0.4 is 11.5 Å². The summed E-state index contributed by atoms with van der Waals surface area (Å²) in [7, 11) is 0. The Hall–Kier alpha value is -2.33. The van der Waals surface area contributed by atoms with Gasteiger partial charge in [-0.15, -0.1) is 0 Å². The molecule has 96 valence electrons. The maximum atomic E-state index is 5.99. The van der Waals surface area contributed by atoms with Gasteiger partial charge in [0, 0.05) is 35.6 Å². The summed E-state index contributed by atoms with van der Waals surface area (Å²) in [6, 6.07) is 7.99. The lowest BCUT2D eigenvalue weighted by atomic mass is 9.98. The van der Waals surface area contributed by atoms with E-state index in [1.807, 2.05) is 37.5 Å². The maximum Gasteiger partial charge on any atom is 0.0780 e. The molecule has 3 aromatic rings. The predicted molar refractivity (Wildman–Crippen MR) is 78.6 cm³/mol. The van der Waals surface area contributed by atoms with Crippen LogP contribution in [0.15, 0.2) is 36.7 Å². The second kappa shape index (κ2) is 4.40. The summed E-state index contributed by atoms with van der Waals surface area (Å²) >= 11 is 0. The van der Waals surface area contributed by atoms with E-state index in [9.17, 15) is 0 Å². The number of fused-ring (bicyclic) bond motifs is 1. The third kappa shape index (κ3) is 1.77. The first-order chi connectivity index (χ1) is 9.22. The van der Waals surface area contributed by atoms with Gasteiger partial charge in [-0.2, -0.15) is 0 Å². The Morgan fingerprint density at radius 2 is 2.05 bits per heavy atom. The average molecular weight is 252 g/mol. The molecule has 0 aliphatic carbocycles. The zero-order valence-electron chi connectivity index (χ0n) is 10.8. The average Bonchev–Trinajstić information content (AvgIpc) is 2.90. The third-order valence-electron chi connectivity index (χ3n) is 3.53. The molecule has 0 bridgehead atoms. The highest BCUT2D eigenvalue weighted by Gasteiger charge is 2.11. The summed E-state index contributed by atoms with van der Waals surface area (Å²) in [6.07, 6.45) is 3.79. The van der Waals surface area contributed by atoms with E-state index in [1.54, 1.807) is 0 Å². The number of nitrogens with two attached hydrogens (primary N) is 2. The number of nitrogens with zero attached hydrogens (tertiary/aromatic N) is 1. The first-order valence-corrected chi connectivity index (χ1v) is 6.23. The van der Waals surface area contributed by atoms with Gasteiger partial charge in [0.25, 0.3) is 0 Å². The molecule has 0 radical (unpaired) electrons. The standard InChI is InChI=1S/C15H16N4/c1-9-10(3-2-4-13(9)17)12-8-19-14(7-16)15-11(12)5-6-18-15/h2-6,8,18H,7,16-17H2,1H3. The van der Waals surface area contributed by atoms with Gasteiger partial charge in [-0.25, -0.2) is 0 Å². The number of hydrogen-bond acceptors (Lipinski definition) is 3. The van der Waals surface area contributed by atoms with Crippen molar-refractivity contribution in [2.45, 2.75) is 13.5 Å². The van der Waals surface area contributed by atoms with Gasteiger partial charge in [-0.05, 0) is 30.2 Å². The van der Waals surface area contributed by atoms with E-state index in [-0.39, 0.29) is 0 Å². The first-order valence-electron chi connectivity index (χ1n) is 6.23. The number of nitrogen functional groups attached to an aromatic ring is 1. The normalized spacial score (nSPS) is 11.1. The van der Waals surface area contributed by atoms with E-state index >= 15 is 0 Å². The van der Waals surface area contributed by atoms with Crippen molar-refractivity contribution in [2.75, 3.05) is 5.73 Å². The van der Waals surface area contributed by atoms with Crippen LogP contribution in [0.3, 0.4) is 0 Å². The van der Waals surface area contributed by atoms with Crippen molar-refractivity contribution in [3.05, 3.63) is 47.9 Å². The molecule has 0 fully saturated rings. The molecule has 4 heteroatoms. The fraction of sp³-hybridized carbons (Fsp3) is 0.133. The van der Waals surface area contributed by atoms with Crippen LogP contribution in [-0.2, 0) is 6.54 Å². The first kappa shape index (κ1) is 11.7. The summed E-state index contributed by atoms with van der Waals surface area (Å²) in [5, 5.41) is 1.13. The van der Waals surface area contributed by atoms with Crippen molar-refractivity contribution in [1.29, 1.82) is 0 Å². The van der Waals surface area contributed by atoms with E-state index in [2.05, 4.69) is 16.0 Å². The van der Waals surface area contributed by atoms with Gasteiger partial charge in [0.15, 0.2) is 0 Å². The second-order valence-corrected chi connectivity index (χ2v) is 4.61. The molecule has 19 heavy (non-hydrogen) atoms. The van der Waals surface area contributed by atoms with Crippen LogP contribution >= 0.6 is 0 Å². The van der Waals surface area contributed by atoms with Gasteiger partial charge in [-0.3, -0.25) is 4.98 Å². The largest absolute Gasteiger partial charge is 0.398 e. The number of benzene rings is 1. The Morgan fingerprint density at radius 3 is 2.84 bits per heavy atom. The highest BCUT2D eigenvalue weighted by atomic mass is 14.8. The molecule has 0 atom stereocenters. The van der Waals surface area contributed by atoms with Gasteiger partial charge in [-0.1, -0.05) is 12.1 Å². The molecular weight excluding hydrogens is 236 g/mol. The van der Waals surface area contributed by atoms with Crippen LogP contribution in [-0.4, -0.2) is 9.97 Å². The van der Waals surface area contributed by atoms with Crippen LogP contribution in [0.2, 0.25) is 0 Å². The number of rotatable bonds is 2. The lowest BCUT2D eigenvalue weighted by Crippen LogP contribution is -2.01. The van der Waals surface area contributed by atoms with E-state index in [0.717, 1.165) is 39.0 Å². The van der Waals surface area contributed by atoms with Crippen LogP contribution in [0.1, 0.15) is 11.3 Å². The van der Waals surface area contributed by atoms with Gasteiger partial charge in [0.05, 0.1) is 11.2 Å². The van der Waals surface area contributed by atoms with Crippen molar-refractivity contribution < 1.29 is 0 Å². The highest BCUT2D eigenvalue weighted by Crippen LogP contribution is 2.32. The Morgan fingerprint density at radius 1 is 1.21 bits per heavy atom. The summed E-state index contributed by atoms with van der Waals surface area (Å²) in [6.45, 7) is 2.45. The number of aromatic amines is 1. The fourth-order valence-electron chi connectivity index (χ4n) is 2.42. The number of pyridine rings is 1. The quantitative estimate of drug-likeness (QED) is 0.613. The molecule has 0 aliphatic rings. The van der Waals surface area contributed by atoms with Gasteiger partial charge >= 0.3 is 0 Å². The lowest BCUT2D eigenvalue weighted by molar-refractivity contribution is 1.00. The van der Waals surface area contributed by atoms with Gasteiger partial charge < -0.3 is 16.5 Å². The highest BCUT2D eigenvalue weighted by molar-refractivity contribution is 5.97. The topological polar surface area (TPSA) is 80.7 Å². The van der Waals surface area contributed by atoms with E-state index in [0.29, 0.717) is 6.54 Å². The molecule has 0 saturated carbocycles. The Kier molecular flexibility index (Phi) is 2.72. The predicted octanol–water partition coefficient (Wildman–Crippen LogP) is 2.58. The SMILES string of the molecule is Cc1c(N)cccc1-c1cnc(CN)c2[nH]ccc12. The number of H-pyrrole nitrogens is 1. The zero-order valence-corrected chi connectivity index (χ0v) is 10.8. The second-order valence-electron chi connectivity index (χ2n) is 4.61. The van der Waals surface area contributed by atoms with Crippen LogP contribution in [0.5, 0.6) is 0 Å². The molecule has 5 N–H and O–H groups in total. The number of anilines is 1. The molecule has 4 nitrogen and oxygen atoms in total. The van der Waals surface area contributed by atoms with Gasteiger partial charge in [0.2, 0.25) is 0 Å². The van der Waals surface area contributed by atoms with Crippen molar-refractivity contribution in [1.82, 2.24) is 9.97 Å². The lowest BCUT2D eigenvalue weighted by Gasteiger charge is -2.10. The van der Waals surface area contributed by atoms with Crippen molar-refractivity contribution >= 4 is 16.6 Å². The van der Waals surface area contributed by atoms with Crippen LogP contribution in [0.4, 0.5) is 5.69 Å². The van der Waals surface area contributed by atoms with Crippen LogP contribution in [0, 0.1) is 6.92 Å². The van der Waals surface area contributed by atoms with E-state index in [4.69, 9.17) is 11.5 Å². The molecule has 3 rings (SSSR count). The van der Waals surface area contributed by atoms with Crippen molar-refractivity contribution in [3.8, 4) is 11.1 Å². The summed E-state index contributed by atoms with van der Waals surface area (Å²) < 4.78 is 0. The smallest absolute Gasteiger partial charge is 0.0780 e. The Bertz CT molecular complexity index is 743. The van der Waals surface area contributed by atoms with Gasteiger partial charge in [0.1, 0.15) is 0 Å². The molecule has 0 aliphatic heterocycles. The van der Waals surface area contributed by atoms with Crippen LogP contribution in [0.25, 0.3) is 22.0 Å². The summed E-state index contributed by atoms with van der Waals surface area (Å²) in [4.78, 5) is 7.66. The number of nitrogens with one attached hydrogen (secondary N) is 1. The van der Waals surface area contributed by atoms with E-state index < -0.39 is 0 Å². The van der Waals surface area contributed by atoms with Crippen molar-refractivity contribution in [2.24, 2.45) is 5.73 Å². The monoisotopic (exact) mass is 252 g/mol. The third-order valence-corrected chi connectivity index (χ3v) is 3.53. The molecule has 0 saturated heterocycles. The molecule has 1 aromatic carbocycles. The van der Waals surface area contributed by atoms with Crippen molar-refractivity contribution in [3.63, 3.8) is 0 Å². The Balaban J connectivity index is 2.32. The Labute approximate surface area is 111 Å². The number of aromatic nitrogens is 2. The summed E-state index contributed by atoms with van der Waals surface area (Å²) in [5.74, 6) is 0. The molecule has 0 spiro atoms. The molecule has 0 amide bonds. The minimum absolute atomic E-state index is 0.424. The molecular formula is C15H16N4. The minimum Gasteiger partial charge on any atom is -0.398 e.